The van der Waals surface area contributed by atoms with E-state index >= 15 is 0 Å². The van der Waals surface area contributed by atoms with Crippen LogP contribution in [0.25, 0.3) is 0 Å². The third kappa shape index (κ3) is 2.29. The Morgan fingerprint density at radius 1 is 1.41 bits per heavy atom. The molecule has 2 N–H and O–H groups in total. The molecule has 1 saturated carbocycles. The standard InChI is InChI=1S/C10H10FNO4S/c11-7-2-1-3-8(6-7)17(15,16)12-10(4-5-10)9(13)14/h1-3,6,12H,4-5H2,(H,13,14). The number of carbonyl (C=O) groups is 1. The highest BCUT2D eigenvalue weighted by atomic mass is 32.2. The van der Waals surface area contributed by atoms with Crippen molar-refractivity contribution in [2.75, 3.05) is 0 Å². The molecule has 0 bridgehead atoms. The van der Waals surface area contributed by atoms with E-state index in [0.29, 0.717) is 0 Å². The third-order valence-corrected chi connectivity index (χ3v) is 4.13. The van der Waals surface area contributed by atoms with Gasteiger partial charge in [-0.05, 0) is 31.0 Å². The van der Waals surface area contributed by atoms with Gasteiger partial charge in [-0.2, -0.15) is 4.72 Å². The first-order valence-corrected chi connectivity index (χ1v) is 6.37. The van der Waals surface area contributed by atoms with Gasteiger partial charge >= 0.3 is 5.97 Å². The van der Waals surface area contributed by atoms with E-state index in [1.807, 2.05) is 0 Å². The lowest BCUT2D eigenvalue weighted by Crippen LogP contribution is -2.42. The van der Waals surface area contributed by atoms with Gasteiger partial charge in [-0.3, -0.25) is 4.79 Å². The number of sulfonamides is 1. The predicted octanol–water partition coefficient (Wildman–Crippen LogP) is 0.721. The Morgan fingerprint density at radius 3 is 2.53 bits per heavy atom. The lowest BCUT2D eigenvalue weighted by Gasteiger charge is -2.12. The van der Waals surface area contributed by atoms with Gasteiger partial charge in [0.25, 0.3) is 0 Å². The van der Waals surface area contributed by atoms with Crippen molar-refractivity contribution >= 4 is 16.0 Å². The molecule has 92 valence electrons. The Morgan fingerprint density at radius 2 is 2.06 bits per heavy atom. The summed E-state index contributed by atoms with van der Waals surface area (Å²) in [5.74, 6) is -1.90. The van der Waals surface area contributed by atoms with Crippen molar-refractivity contribution in [1.29, 1.82) is 0 Å². The van der Waals surface area contributed by atoms with Crippen LogP contribution in [-0.4, -0.2) is 25.0 Å². The first-order valence-electron chi connectivity index (χ1n) is 4.89. The van der Waals surface area contributed by atoms with E-state index in [1.54, 1.807) is 0 Å². The molecule has 1 aromatic rings. The monoisotopic (exact) mass is 259 g/mol. The van der Waals surface area contributed by atoms with Gasteiger partial charge in [0.2, 0.25) is 10.0 Å². The van der Waals surface area contributed by atoms with Crippen molar-refractivity contribution < 1.29 is 22.7 Å². The molecule has 0 amide bonds. The first-order chi connectivity index (χ1) is 7.86. The summed E-state index contributed by atoms with van der Waals surface area (Å²) in [6, 6.07) is 4.43. The average Bonchev–Trinajstić information content (AvgIpc) is 2.98. The molecule has 0 atom stereocenters. The topological polar surface area (TPSA) is 83.5 Å². The molecule has 1 fully saturated rings. The number of aliphatic carboxylic acids is 1. The van der Waals surface area contributed by atoms with Gasteiger partial charge in [0.1, 0.15) is 11.4 Å². The van der Waals surface area contributed by atoms with E-state index in [4.69, 9.17) is 5.11 Å². The van der Waals surface area contributed by atoms with E-state index in [9.17, 15) is 17.6 Å². The van der Waals surface area contributed by atoms with Gasteiger partial charge in [-0.25, -0.2) is 12.8 Å². The number of carboxylic acids is 1. The molecular weight excluding hydrogens is 249 g/mol. The molecule has 0 radical (unpaired) electrons. The van der Waals surface area contributed by atoms with Gasteiger partial charge in [0.15, 0.2) is 0 Å². The second kappa shape index (κ2) is 3.78. The fourth-order valence-electron chi connectivity index (χ4n) is 1.43. The van der Waals surface area contributed by atoms with Crippen molar-refractivity contribution in [2.24, 2.45) is 0 Å². The van der Waals surface area contributed by atoms with Crippen molar-refractivity contribution in [3.05, 3.63) is 30.1 Å². The largest absolute Gasteiger partial charge is 0.480 e. The molecule has 0 aromatic heterocycles. The minimum absolute atomic E-state index is 0.247. The minimum atomic E-state index is -3.99. The number of rotatable bonds is 4. The summed E-state index contributed by atoms with van der Waals surface area (Å²) in [5.41, 5.74) is -1.41. The quantitative estimate of drug-likeness (QED) is 0.834. The fraction of sp³-hybridized carbons (Fsp3) is 0.300. The summed E-state index contributed by atoms with van der Waals surface area (Å²) in [5, 5.41) is 8.87. The van der Waals surface area contributed by atoms with E-state index in [0.717, 1.165) is 12.1 Å². The Balaban J connectivity index is 2.29. The molecule has 0 spiro atoms. The van der Waals surface area contributed by atoms with Crippen molar-refractivity contribution in [3.8, 4) is 0 Å². The lowest BCUT2D eigenvalue weighted by atomic mass is 10.3. The minimum Gasteiger partial charge on any atom is -0.480 e. The van der Waals surface area contributed by atoms with Crippen LogP contribution in [0.4, 0.5) is 4.39 Å². The molecule has 5 nitrogen and oxygen atoms in total. The summed E-state index contributed by atoms with van der Waals surface area (Å²) in [7, 11) is -3.99. The zero-order valence-corrected chi connectivity index (χ0v) is 9.50. The molecule has 0 unspecified atom stereocenters. The predicted molar refractivity (Wildman–Crippen MR) is 56.3 cm³/mol. The van der Waals surface area contributed by atoms with Crippen LogP contribution in [0.2, 0.25) is 0 Å². The normalized spacial score (nSPS) is 17.7. The van der Waals surface area contributed by atoms with Gasteiger partial charge in [-0.1, -0.05) is 6.07 Å². The number of halogens is 1. The number of nitrogens with one attached hydrogen (secondary N) is 1. The van der Waals surface area contributed by atoms with Crippen LogP contribution in [0.15, 0.2) is 29.2 Å². The van der Waals surface area contributed by atoms with Gasteiger partial charge in [-0.15, -0.1) is 0 Å². The van der Waals surface area contributed by atoms with E-state index in [2.05, 4.69) is 4.72 Å². The average molecular weight is 259 g/mol. The van der Waals surface area contributed by atoms with Crippen LogP contribution in [0.1, 0.15) is 12.8 Å². The number of hydrogen-bond acceptors (Lipinski definition) is 3. The fourth-order valence-corrected chi connectivity index (χ4v) is 2.88. The Bertz CT molecular complexity index is 565. The molecule has 1 aliphatic carbocycles. The van der Waals surface area contributed by atoms with Crippen LogP contribution in [0.5, 0.6) is 0 Å². The Hall–Kier alpha value is -1.47. The number of hydrogen-bond donors (Lipinski definition) is 2. The van der Waals surface area contributed by atoms with Crippen LogP contribution in [0, 0.1) is 5.82 Å². The summed E-state index contributed by atoms with van der Waals surface area (Å²) in [6.45, 7) is 0. The second-order valence-electron chi connectivity index (χ2n) is 3.95. The molecular formula is C10H10FNO4S. The van der Waals surface area contributed by atoms with Crippen LogP contribution in [0.3, 0.4) is 0 Å². The van der Waals surface area contributed by atoms with E-state index in [-0.39, 0.29) is 17.7 Å². The molecule has 1 aromatic carbocycles. The summed E-state index contributed by atoms with van der Waals surface area (Å²) < 4.78 is 38.6. The van der Waals surface area contributed by atoms with Gasteiger partial charge in [0, 0.05) is 0 Å². The molecule has 2 rings (SSSR count). The lowest BCUT2D eigenvalue weighted by molar-refractivity contribution is -0.140. The zero-order valence-electron chi connectivity index (χ0n) is 8.68. The van der Waals surface area contributed by atoms with Gasteiger partial charge in [0.05, 0.1) is 4.90 Å². The highest BCUT2D eigenvalue weighted by Crippen LogP contribution is 2.37. The Labute approximate surface area is 97.3 Å². The number of benzene rings is 1. The van der Waals surface area contributed by atoms with Crippen molar-refractivity contribution in [2.45, 2.75) is 23.3 Å². The summed E-state index contributed by atoms with van der Waals surface area (Å²) >= 11 is 0. The maximum Gasteiger partial charge on any atom is 0.324 e. The summed E-state index contributed by atoms with van der Waals surface area (Å²) in [6.07, 6.45) is 0.494. The highest BCUT2D eigenvalue weighted by molar-refractivity contribution is 7.89. The second-order valence-corrected chi connectivity index (χ2v) is 5.63. The SMILES string of the molecule is O=C(O)C1(NS(=O)(=O)c2cccc(F)c2)CC1. The van der Waals surface area contributed by atoms with Crippen LogP contribution < -0.4 is 4.72 Å². The molecule has 1 aliphatic rings. The first kappa shape index (κ1) is 12.0. The van der Waals surface area contributed by atoms with Crippen molar-refractivity contribution in [3.63, 3.8) is 0 Å². The number of carboxylic acid groups (broad SMARTS) is 1. The highest BCUT2D eigenvalue weighted by Gasteiger charge is 2.53. The molecule has 0 aliphatic heterocycles. The maximum atomic E-state index is 12.9. The van der Waals surface area contributed by atoms with E-state index < -0.39 is 27.3 Å². The van der Waals surface area contributed by atoms with Crippen molar-refractivity contribution in [1.82, 2.24) is 4.72 Å². The Kier molecular flexibility index (Phi) is 2.67. The van der Waals surface area contributed by atoms with Gasteiger partial charge < -0.3 is 5.11 Å². The molecule has 0 heterocycles. The maximum absolute atomic E-state index is 12.9. The van der Waals surface area contributed by atoms with Crippen LogP contribution >= 0.6 is 0 Å². The van der Waals surface area contributed by atoms with Crippen LogP contribution in [-0.2, 0) is 14.8 Å². The zero-order chi connectivity index (χ0) is 12.7. The van der Waals surface area contributed by atoms with E-state index in [1.165, 1.54) is 12.1 Å². The molecule has 17 heavy (non-hydrogen) atoms. The smallest absolute Gasteiger partial charge is 0.324 e. The summed E-state index contributed by atoms with van der Waals surface area (Å²) in [4.78, 5) is 10.6. The third-order valence-electron chi connectivity index (χ3n) is 2.60. The molecule has 7 heteroatoms. The molecule has 0 saturated heterocycles.